The molecule has 0 amide bonds. The van der Waals surface area contributed by atoms with Crippen molar-refractivity contribution < 1.29 is 18.3 Å². The molecule has 192 valence electrons. The average Bonchev–Trinajstić information content (AvgIpc) is 2.85. The van der Waals surface area contributed by atoms with E-state index in [-0.39, 0.29) is 11.8 Å². The molecule has 1 aliphatic heterocycles. The van der Waals surface area contributed by atoms with Crippen LogP contribution in [0.1, 0.15) is 12.8 Å². The van der Waals surface area contributed by atoms with Crippen molar-refractivity contribution in [1.29, 1.82) is 0 Å². The van der Waals surface area contributed by atoms with Crippen molar-refractivity contribution in [3.63, 3.8) is 0 Å². The molecule has 0 radical (unpaired) electrons. The Labute approximate surface area is 214 Å². The number of benzene rings is 2. The van der Waals surface area contributed by atoms with Gasteiger partial charge in [-0.2, -0.15) is 0 Å². The van der Waals surface area contributed by atoms with E-state index in [2.05, 4.69) is 31.7 Å². The van der Waals surface area contributed by atoms with Gasteiger partial charge in [-0.3, -0.25) is 4.90 Å². The van der Waals surface area contributed by atoms with Crippen molar-refractivity contribution in [2.45, 2.75) is 18.9 Å². The Morgan fingerprint density at radius 2 is 1.94 bits per heavy atom. The molecule has 2 heterocycles. The van der Waals surface area contributed by atoms with Crippen LogP contribution in [-0.2, 0) is 0 Å². The fourth-order valence-corrected chi connectivity index (χ4v) is 4.51. The number of hydrogen-bond acceptors (Lipinski definition) is 7. The molecule has 1 aliphatic rings. The van der Waals surface area contributed by atoms with Crippen LogP contribution in [0.3, 0.4) is 0 Å². The Bertz CT molecular complexity index is 1250. The minimum atomic E-state index is -0.895. The molecular formula is C26H30ClF2N5O2. The van der Waals surface area contributed by atoms with Crippen molar-refractivity contribution in [3.05, 3.63) is 59.4 Å². The standard InChI is InChI=1S/C26H30ClF2N5O2/c1-16(13-33(2)3)14-34-9-7-17(8-10-34)36-23-11-18-21(12-22(23)35-4)30-15-31-26(18)32-20-6-5-19(28)24(27)25(20)29/h5-6,11-12,15,17H,1,7-10,13-14H2,2-4H3,(H,30,31,32). The molecule has 0 spiro atoms. The molecule has 1 fully saturated rings. The highest BCUT2D eigenvalue weighted by atomic mass is 35.5. The summed E-state index contributed by atoms with van der Waals surface area (Å²) >= 11 is 5.73. The highest BCUT2D eigenvalue weighted by Gasteiger charge is 2.23. The Morgan fingerprint density at radius 1 is 1.19 bits per heavy atom. The number of aromatic nitrogens is 2. The van der Waals surface area contributed by atoms with Gasteiger partial charge in [-0.15, -0.1) is 0 Å². The molecule has 0 bridgehead atoms. The van der Waals surface area contributed by atoms with E-state index in [0.717, 1.165) is 45.1 Å². The minimum absolute atomic E-state index is 0.00270. The van der Waals surface area contributed by atoms with Crippen LogP contribution in [0.15, 0.2) is 42.7 Å². The molecule has 0 atom stereocenters. The van der Waals surface area contributed by atoms with Gasteiger partial charge in [-0.25, -0.2) is 18.7 Å². The second kappa shape index (κ2) is 11.4. The fraction of sp³-hybridized carbons (Fsp3) is 0.385. The van der Waals surface area contributed by atoms with E-state index in [0.29, 0.717) is 28.2 Å². The van der Waals surface area contributed by atoms with Crippen LogP contribution in [0.4, 0.5) is 20.3 Å². The lowest BCUT2D eigenvalue weighted by molar-refractivity contribution is 0.102. The third-order valence-electron chi connectivity index (χ3n) is 6.02. The predicted octanol–water partition coefficient (Wildman–Crippen LogP) is 5.27. The quantitative estimate of drug-likeness (QED) is 0.306. The molecule has 36 heavy (non-hydrogen) atoms. The second-order valence-electron chi connectivity index (χ2n) is 9.17. The van der Waals surface area contributed by atoms with Crippen LogP contribution in [0.25, 0.3) is 10.9 Å². The molecule has 10 heteroatoms. The number of fused-ring (bicyclic) bond motifs is 1. The van der Waals surface area contributed by atoms with Crippen LogP contribution in [0, 0.1) is 11.6 Å². The monoisotopic (exact) mass is 517 g/mol. The third-order valence-corrected chi connectivity index (χ3v) is 6.37. The van der Waals surface area contributed by atoms with Gasteiger partial charge in [-0.05, 0) is 50.7 Å². The van der Waals surface area contributed by atoms with Gasteiger partial charge >= 0.3 is 0 Å². The number of ether oxygens (including phenoxy) is 2. The molecule has 1 N–H and O–H groups in total. The smallest absolute Gasteiger partial charge is 0.168 e. The van der Waals surface area contributed by atoms with E-state index in [1.165, 1.54) is 18.0 Å². The number of hydrogen-bond donors (Lipinski definition) is 1. The number of nitrogens with zero attached hydrogens (tertiary/aromatic N) is 4. The van der Waals surface area contributed by atoms with Gasteiger partial charge in [0.05, 0.1) is 18.3 Å². The normalized spacial score (nSPS) is 14.9. The van der Waals surface area contributed by atoms with Crippen LogP contribution < -0.4 is 14.8 Å². The first-order valence-corrected chi connectivity index (χ1v) is 12.1. The molecule has 2 aromatic carbocycles. The predicted molar refractivity (Wildman–Crippen MR) is 139 cm³/mol. The Morgan fingerprint density at radius 3 is 2.64 bits per heavy atom. The Kier molecular flexibility index (Phi) is 8.23. The molecule has 7 nitrogen and oxygen atoms in total. The van der Waals surface area contributed by atoms with Crippen molar-refractivity contribution >= 4 is 34.0 Å². The second-order valence-corrected chi connectivity index (χ2v) is 9.55. The highest BCUT2D eigenvalue weighted by Crippen LogP contribution is 2.37. The van der Waals surface area contributed by atoms with E-state index in [9.17, 15) is 8.78 Å². The number of halogens is 3. The first kappa shape index (κ1) is 26.1. The van der Waals surface area contributed by atoms with E-state index in [1.54, 1.807) is 19.2 Å². The summed E-state index contributed by atoms with van der Waals surface area (Å²) in [6.45, 7) is 7.75. The van der Waals surface area contributed by atoms with Crippen molar-refractivity contribution in [1.82, 2.24) is 19.8 Å². The maximum atomic E-state index is 14.5. The van der Waals surface area contributed by atoms with E-state index in [4.69, 9.17) is 21.1 Å². The number of likely N-dealkylation sites (tertiary alicyclic amines) is 1. The van der Waals surface area contributed by atoms with E-state index >= 15 is 0 Å². The summed E-state index contributed by atoms with van der Waals surface area (Å²) in [5.41, 5.74) is 1.77. The Hall–Kier alpha value is -3.01. The van der Waals surface area contributed by atoms with Crippen LogP contribution in [0.5, 0.6) is 11.5 Å². The molecule has 0 unspecified atom stereocenters. The number of rotatable bonds is 9. The number of anilines is 2. The summed E-state index contributed by atoms with van der Waals surface area (Å²) in [6.07, 6.45) is 3.11. The summed E-state index contributed by atoms with van der Waals surface area (Å²) < 4.78 is 40.0. The lowest BCUT2D eigenvalue weighted by Gasteiger charge is -2.33. The molecule has 1 aromatic heterocycles. The Balaban J connectivity index is 1.52. The SMILES string of the molecule is C=C(CN(C)C)CN1CCC(Oc2cc3c(Nc4ccc(F)c(Cl)c4F)ncnc3cc2OC)CC1. The topological polar surface area (TPSA) is 62.8 Å². The van der Waals surface area contributed by atoms with Gasteiger partial charge in [0.2, 0.25) is 0 Å². The van der Waals surface area contributed by atoms with Gasteiger partial charge in [0.1, 0.15) is 29.1 Å². The number of likely N-dealkylation sites (N-methyl/N-ethyl adjacent to an activating group) is 1. The van der Waals surface area contributed by atoms with E-state index in [1.807, 2.05) is 14.1 Å². The van der Waals surface area contributed by atoms with E-state index < -0.39 is 16.7 Å². The van der Waals surface area contributed by atoms with Crippen molar-refractivity contribution in [3.8, 4) is 11.5 Å². The van der Waals surface area contributed by atoms with Crippen LogP contribution >= 0.6 is 11.6 Å². The summed E-state index contributed by atoms with van der Waals surface area (Å²) in [7, 11) is 5.65. The summed E-state index contributed by atoms with van der Waals surface area (Å²) in [4.78, 5) is 13.1. The summed E-state index contributed by atoms with van der Waals surface area (Å²) in [6, 6.07) is 5.90. The number of nitrogens with one attached hydrogen (secondary N) is 1. The van der Waals surface area contributed by atoms with Gasteiger partial charge in [0.25, 0.3) is 0 Å². The van der Waals surface area contributed by atoms with Crippen molar-refractivity contribution in [2.24, 2.45) is 0 Å². The maximum Gasteiger partial charge on any atom is 0.168 e. The first-order valence-electron chi connectivity index (χ1n) is 11.7. The lowest BCUT2D eigenvalue weighted by atomic mass is 10.1. The van der Waals surface area contributed by atoms with Gasteiger partial charge in [-0.1, -0.05) is 18.2 Å². The summed E-state index contributed by atoms with van der Waals surface area (Å²) in [5.74, 6) is -0.293. The van der Waals surface area contributed by atoms with Gasteiger partial charge in [0, 0.05) is 37.6 Å². The fourth-order valence-electron chi connectivity index (χ4n) is 4.34. The molecule has 0 aliphatic carbocycles. The largest absolute Gasteiger partial charge is 0.493 e. The zero-order valence-corrected chi connectivity index (χ0v) is 21.4. The first-order chi connectivity index (χ1) is 17.2. The lowest BCUT2D eigenvalue weighted by Crippen LogP contribution is -2.39. The zero-order chi connectivity index (χ0) is 25.8. The highest BCUT2D eigenvalue weighted by molar-refractivity contribution is 6.31. The van der Waals surface area contributed by atoms with Gasteiger partial charge < -0.3 is 19.7 Å². The van der Waals surface area contributed by atoms with Gasteiger partial charge in [0.15, 0.2) is 17.3 Å². The number of piperidine rings is 1. The molecule has 3 aromatic rings. The molecule has 0 saturated carbocycles. The molecule has 4 rings (SSSR count). The molecular weight excluding hydrogens is 488 g/mol. The van der Waals surface area contributed by atoms with Crippen LogP contribution in [-0.4, -0.2) is 73.3 Å². The number of methoxy groups -OCH3 is 1. The maximum absolute atomic E-state index is 14.5. The zero-order valence-electron chi connectivity index (χ0n) is 20.7. The van der Waals surface area contributed by atoms with Crippen molar-refractivity contribution in [2.75, 3.05) is 52.7 Å². The summed E-state index contributed by atoms with van der Waals surface area (Å²) in [5, 5.41) is 2.92. The van der Waals surface area contributed by atoms with Crippen LogP contribution in [0.2, 0.25) is 5.02 Å². The molecule has 1 saturated heterocycles. The minimum Gasteiger partial charge on any atom is -0.493 e. The third kappa shape index (κ3) is 6.03. The average molecular weight is 518 g/mol.